The molecule has 0 unspecified atom stereocenters. The van der Waals surface area contributed by atoms with Crippen LogP contribution in [0.4, 0.5) is 0 Å². The molecular weight excluding hydrogens is 198 g/mol. The van der Waals surface area contributed by atoms with Crippen molar-refractivity contribution in [2.45, 2.75) is 13.8 Å². The van der Waals surface area contributed by atoms with Gasteiger partial charge in [-0.3, -0.25) is 4.79 Å². The van der Waals surface area contributed by atoms with E-state index >= 15 is 0 Å². The van der Waals surface area contributed by atoms with E-state index in [0.29, 0.717) is 5.69 Å². The lowest BCUT2D eigenvalue weighted by molar-refractivity contribution is 0.988. The summed E-state index contributed by atoms with van der Waals surface area (Å²) in [6.45, 7) is 3.94. The maximum absolute atomic E-state index is 10.8. The molecule has 0 bridgehead atoms. The van der Waals surface area contributed by atoms with Crippen LogP contribution in [0.15, 0.2) is 16.9 Å². The second-order valence-electron chi connectivity index (χ2n) is 2.94. The first-order valence-corrected chi connectivity index (χ1v) is 4.98. The summed E-state index contributed by atoms with van der Waals surface area (Å²) < 4.78 is 0. The Labute approximate surface area is 84.6 Å². The van der Waals surface area contributed by atoms with E-state index in [1.165, 1.54) is 6.07 Å². The third-order valence-electron chi connectivity index (χ3n) is 1.83. The molecule has 0 saturated heterocycles. The Bertz CT molecular complexity index is 495. The number of hydrogen-bond donors (Lipinski definition) is 1. The van der Waals surface area contributed by atoms with Gasteiger partial charge in [0.05, 0.1) is 5.01 Å². The maximum Gasteiger partial charge on any atom is 0.264 e. The largest absolute Gasteiger partial charge is 0.268 e. The third-order valence-corrected chi connectivity index (χ3v) is 2.71. The van der Waals surface area contributed by atoms with Crippen LogP contribution in [0, 0.1) is 13.8 Å². The third kappa shape index (κ3) is 1.58. The van der Waals surface area contributed by atoms with Crippen molar-refractivity contribution < 1.29 is 0 Å². The van der Waals surface area contributed by atoms with Gasteiger partial charge in [0.2, 0.25) is 0 Å². The summed E-state index contributed by atoms with van der Waals surface area (Å²) in [5.74, 6) is 0. The number of aryl methyl sites for hydroxylation is 2. The Morgan fingerprint density at radius 2 is 2.14 bits per heavy atom. The van der Waals surface area contributed by atoms with Gasteiger partial charge in [0.1, 0.15) is 11.4 Å². The fourth-order valence-electron chi connectivity index (χ4n) is 1.24. The quantitative estimate of drug-likeness (QED) is 0.771. The molecule has 14 heavy (non-hydrogen) atoms. The highest BCUT2D eigenvalue weighted by Gasteiger charge is 2.08. The van der Waals surface area contributed by atoms with Gasteiger partial charge in [-0.25, -0.2) is 10.1 Å². The van der Waals surface area contributed by atoms with Gasteiger partial charge in [-0.15, -0.1) is 11.3 Å². The minimum absolute atomic E-state index is 0.196. The average Bonchev–Trinajstić information content (AvgIpc) is 2.47. The van der Waals surface area contributed by atoms with Gasteiger partial charge < -0.3 is 0 Å². The average molecular weight is 207 g/mol. The van der Waals surface area contributed by atoms with Crippen LogP contribution in [-0.2, 0) is 0 Å². The maximum atomic E-state index is 10.8. The molecule has 0 spiro atoms. The Balaban J connectivity index is 2.54. The Morgan fingerprint density at radius 1 is 1.36 bits per heavy atom. The van der Waals surface area contributed by atoms with E-state index in [1.807, 2.05) is 13.8 Å². The zero-order valence-electron chi connectivity index (χ0n) is 7.87. The van der Waals surface area contributed by atoms with Crippen LogP contribution in [0.1, 0.15) is 9.88 Å². The van der Waals surface area contributed by atoms with Crippen molar-refractivity contribution in [3.05, 3.63) is 32.4 Å². The number of aromatic nitrogens is 3. The fourth-order valence-corrected chi connectivity index (χ4v) is 2.07. The van der Waals surface area contributed by atoms with Crippen LogP contribution in [-0.4, -0.2) is 15.2 Å². The Hall–Kier alpha value is -1.49. The minimum atomic E-state index is -0.196. The molecule has 0 aromatic carbocycles. The van der Waals surface area contributed by atoms with E-state index in [4.69, 9.17) is 0 Å². The van der Waals surface area contributed by atoms with Crippen molar-refractivity contribution in [3.8, 4) is 11.4 Å². The molecule has 0 atom stereocenters. The van der Waals surface area contributed by atoms with Crippen molar-refractivity contribution in [1.82, 2.24) is 15.2 Å². The molecule has 2 heterocycles. The SMILES string of the molecule is Cc1nc(-c2ccc(=O)[nH]n2)c(C)s1. The lowest BCUT2D eigenvalue weighted by atomic mass is 10.3. The summed E-state index contributed by atoms with van der Waals surface area (Å²) in [4.78, 5) is 16.3. The Morgan fingerprint density at radius 3 is 2.64 bits per heavy atom. The number of nitrogens with zero attached hydrogens (tertiary/aromatic N) is 2. The molecule has 72 valence electrons. The predicted molar refractivity (Wildman–Crippen MR) is 55.4 cm³/mol. The van der Waals surface area contributed by atoms with Crippen LogP contribution in [0.3, 0.4) is 0 Å². The van der Waals surface area contributed by atoms with E-state index in [-0.39, 0.29) is 5.56 Å². The summed E-state index contributed by atoms with van der Waals surface area (Å²) in [6, 6.07) is 3.14. The van der Waals surface area contributed by atoms with Crippen molar-refractivity contribution in [3.63, 3.8) is 0 Å². The van der Waals surface area contributed by atoms with E-state index in [0.717, 1.165) is 15.6 Å². The van der Waals surface area contributed by atoms with Gasteiger partial charge in [-0.2, -0.15) is 5.10 Å². The molecule has 5 heteroatoms. The molecule has 0 fully saturated rings. The number of nitrogens with one attached hydrogen (secondary N) is 1. The molecule has 0 aliphatic rings. The van der Waals surface area contributed by atoms with Crippen molar-refractivity contribution in [2.75, 3.05) is 0 Å². The van der Waals surface area contributed by atoms with Crippen molar-refractivity contribution in [2.24, 2.45) is 0 Å². The lowest BCUT2D eigenvalue weighted by Gasteiger charge is -1.94. The summed E-state index contributed by atoms with van der Waals surface area (Å²) in [5.41, 5.74) is 1.37. The Kier molecular flexibility index (Phi) is 2.17. The summed E-state index contributed by atoms with van der Waals surface area (Å²) >= 11 is 1.63. The first-order chi connectivity index (χ1) is 6.66. The molecule has 0 radical (unpaired) electrons. The van der Waals surface area contributed by atoms with Gasteiger partial charge in [0.25, 0.3) is 5.56 Å². The van der Waals surface area contributed by atoms with Crippen molar-refractivity contribution in [1.29, 1.82) is 0 Å². The summed E-state index contributed by atoms with van der Waals surface area (Å²) in [5, 5.41) is 7.33. The smallest absolute Gasteiger partial charge is 0.264 e. The molecule has 0 amide bonds. The molecular formula is C9H9N3OS. The second-order valence-corrected chi connectivity index (χ2v) is 4.35. The minimum Gasteiger partial charge on any atom is -0.268 e. The van der Waals surface area contributed by atoms with Crippen LogP contribution in [0.2, 0.25) is 0 Å². The van der Waals surface area contributed by atoms with Crippen LogP contribution < -0.4 is 5.56 Å². The van der Waals surface area contributed by atoms with Gasteiger partial charge >= 0.3 is 0 Å². The van der Waals surface area contributed by atoms with Crippen LogP contribution in [0.25, 0.3) is 11.4 Å². The normalized spacial score (nSPS) is 10.4. The molecule has 0 saturated carbocycles. The molecule has 0 aliphatic carbocycles. The second kappa shape index (κ2) is 3.34. The molecule has 1 N–H and O–H groups in total. The summed E-state index contributed by atoms with van der Waals surface area (Å²) in [7, 11) is 0. The molecule has 2 aromatic heterocycles. The predicted octanol–water partition coefficient (Wildman–Crippen LogP) is 1.51. The van der Waals surface area contributed by atoms with Gasteiger partial charge in [0.15, 0.2) is 0 Å². The zero-order chi connectivity index (χ0) is 10.1. The first kappa shape index (κ1) is 9.08. The highest BCUT2D eigenvalue weighted by Crippen LogP contribution is 2.24. The standard InChI is InChI=1S/C9H9N3OS/c1-5-9(10-6(2)14-5)7-3-4-8(13)12-11-7/h3-4H,1-2H3,(H,12,13). The topological polar surface area (TPSA) is 58.6 Å². The van der Waals surface area contributed by atoms with Crippen LogP contribution >= 0.6 is 11.3 Å². The van der Waals surface area contributed by atoms with Gasteiger partial charge in [-0.05, 0) is 19.9 Å². The highest BCUT2D eigenvalue weighted by molar-refractivity contribution is 7.11. The van der Waals surface area contributed by atoms with E-state index in [1.54, 1.807) is 17.4 Å². The molecule has 0 aliphatic heterocycles. The van der Waals surface area contributed by atoms with Gasteiger partial charge in [0, 0.05) is 10.9 Å². The van der Waals surface area contributed by atoms with E-state index in [9.17, 15) is 4.79 Å². The summed E-state index contributed by atoms with van der Waals surface area (Å²) in [6.07, 6.45) is 0. The van der Waals surface area contributed by atoms with E-state index < -0.39 is 0 Å². The monoisotopic (exact) mass is 207 g/mol. The number of H-pyrrole nitrogens is 1. The van der Waals surface area contributed by atoms with Crippen LogP contribution in [0.5, 0.6) is 0 Å². The molecule has 2 rings (SSSR count). The molecule has 2 aromatic rings. The number of hydrogen-bond acceptors (Lipinski definition) is 4. The van der Waals surface area contributed by atoms with E-state index in [2.05, 4.69) is 15.2 Å². The number of thiazole rings is 1. The molecule has 4 nitrogen and oxygen atoms in total. The number of rotatable bonds is 1. The van der Waals surface area contributed by atoms with Gasteiger partial charge in [-0.1, -0.05) is 0 Å². The van der Waals surface area contributed by atoms with Crippen molar-refractivity contribution >= 4 is 11.3 Å². The lowest BCUT2D eigenvalue weighted by Crippen LogP contribution is -2.05. The highest BCUT2D eigenvalue weighted by atomic mass is 32.1. The fraction of sp³-hybridized carbons (Fsp3) is 0.222. The zero-order valence-corrected chi connectivity index (χ0v) is 8.68. The number of aromatic amines is 1. The first-order valence-electron chi connectivity index (χ1n) is 4.17.